The molecule has 3 heteroatoms. The van der Waals surface area contributed by atoms with Crippen molar-refractivity contribution < 1.29 is 9.53 Å². The predicted octanol–water partition coefficient (Wildman–Crippen LogP) is 2.82. The molecule has 0 amide bonds. The van der Waals surface area contributed by atoms with Gasteiger partial charge in [-0.1, -0.05) is 39.0 Å². The fraction of sp³-hybridized carbons (Fsp3) is 0.462. The predicted molar refractivity (Wildman–Crippen MR) is 63.3 cm³/mol. The first-order chi connectivity index (χ1) is 7.54. The van der Waals surface area contributed by atoms with Gasteiger partial charge in [0, 0.05) is 0 Å². The Bertz CT molecular complexity index is 361. The van der Waals surface area contributed by atoms with Crippen LogP contribution in [-0.2, 0) is 4.79 Å². The number of isocyanates is 1. The molecule has 16 heavy (non-hydrogen) atoms. The molecule has 0 aliphatic carbocycles. The number of hydrogen-bond donors (Lipinski definition) is 0. The number of rotatable bonds is 4. The molecule has 1 aromatic rings. The first-order valence-corrected chi connectivity index (χ1v) is 5.29. The van der Waals surface area contributed by atoms with E-state index >= 15 is 0 Å². The Morgan fingerprint density at radius 3 is 2.44 bits per heavy atom. The van der Waals surface area contributed by atoms with Crippen molar-refractivity contribution >= 4 is 6.08 Å². The minimum absolute atomic E-state index is 0.105. The lowest BCUT2D eigenvalue weighted by molar-refractivity contribution is 0.207. The molecule has 1 aromatic carbocycles. The van der Waals surface area contributed by atoms with Crippen LogP contribution in [0.5, 0.6) is 5.75 Å². The number of ether oxygens (including phenoxy) is 1. The zero-order chi connectivity index (χ0) is 12.0. The summed E-state index contributed by atoms with van der Waals surface area (Å²) in [4.78, 5) is 14.1. The standard InChI is InChI=1S/C13H17NO2/c1-13(2,3)12(14-10-15)9-16-11-7-5-4-6-8-11/h4-8,12H,9H2,1-3H3/t12-/m1/s1. The molecule has 0 aliphatic heterocycles. The van der Waals surface area contributed by atoms with Gasteiger partial charge >= 0.3 is 0 Å². The molecule has 0 N–H and O–H groups in total. The maximum Gasteiger partial charge on any atom is 0.235 e. The summed E-state index contributed by atoms with van der Waals surface area (Å²) >= 11 is 0. The molecule has 0 heterocycles. The van der Waals surface area contributed by atoms with Crippen LogP contribution in [0.4, 0.5) is 0 Å². The van der Waals surface area contributed by atoms with Gasteiger partial charge in [-0.3, -0.25) is 0 Å². The first-order valence-electron chi connectivity index (χ1n) is 5.29. The normalized spacial score (nSPS) is 12.7. The SMILES string of the molecule is CC(C)(C)[C@@H](COc1ccccc1)N=C=O. The number of aliphatic imine (C=N–C) groups is 1. The molecule has 1 atom stereocenters. The van der Waals surface area contributed by atoms with Gasteiger partial charge in [0.1, 0.15) is 18.4 Å². The minimum Gasteiger partial charge on any atom is -0.491 e. The summed E-state index contributed by atoms with van der Waals surface area (Å²) in [6.07, 6.45) is 1.61. The second kappa shape index (κ2) is 5.47. The average molecular weight is 219 g/mol. The summed E-state index contributed by atoms with van der Waals surface area (Å²) in [5.74, 6) is 0.790. The van der Waals surface area contributed by atoms with Crippen LogP contribution in [0.25, 0.3) is 0 Å². The van der Waals surface area contributed by atoms with Gasteiger partial charge in [0.25, 0.3) is 0 Å². The molecule has 1 rings (SSSR count). The average Bonchev–Trinajstić information content (AvgIpc) is 2.24. The highest BCUT2D eigenvalue weighted by atomic mass is 16.5. The van der Waals surface area contributed by atoms with Crippen LogP contribution in [0.15, 0.2) is 35.3 Å². The van der Waals surface area contributed by atoms with Gasteiger partial charge in [-0.2, -0.15) is 4.99 Å². The van der Waals surface area contributed by atoms with Crippen LogP contribution in [0.2, 0.25) is 0 Å². The molecule has 3 nitrogen and oxygen atoms in total. The molecule has 0 aromatic heterocycles. The van der Waals surface area contributed by atoms with E-state index in [0.717, 1.165) is 5.75 Å². The van der Waals surface area contributed by atoms with Gasteiger partial charge in [0.2, 0.25) is 6.08 Å². The summed E-state index contributed by atoms with van der Waals surface area (Å²) in [5, 5.41) is 0. The lowest BCUT2D eigenvalue weighted by Crippen LogP contribution is -2.30. The van der Waals surface area contributed by atoms with E-state index in [9.17, 15) is 4.79 Å². The van der Waals surface area contributed by atoms with E-state index in [0.29, 0.717) is 6.61 Å². The number of carbonyl (C=O) groups excluding carboxylic acids is 1. The van der Waals surface area contributed by atoms with Crippen molar-refractivity contribution in [1.82, 2.24) is 0 Å². The zero-order valence-electron chi connectivity index (χ0n) is 9.93. The molecule has 0 fully saturated rings. The molecule has 86 valence electrons. The Hall–Kier alpha value is -1.60. The van der Waals surface area contributed by atoms with Crippen molar-refractivity contribution in [2.45, 2.75) is 26.8 Å². The monoisotopic (exact) mass is 219 g/mol. The van der Waals surface area contributed by atoms with Gasteiger partial charge in [-0.25, -0.2) is 4.79 Å². The largest absolute Gasteiger partial charge is 0.491 e. The third-order valence-electron chi connectivity index (χ3n) is 2.36. The Morgan fingerprint density at radius 1 is 1.31 bits per heavy atom. The van der Waals surface area contributed by atoms with Crippen molar-refractivity contribution in [2.24, 2.45) is 10.4 Å². The van der Waals surface area contributed by atoms with Crippen LogP contribution in [0.3, 0.4) is 0 Å². The second-order valence-electron chi connectivity index (χ2n) is 4.73. The van der Waals surface area contributed by atoms with E-state index in [1.165, 1.54) is 0 Å². The van der Waals surface area contributed by atoms with Crippen LogP contribution >= 0.6 is 0 Å². The zero-order valence-corrected chi connectivity index (χ0v) is 9.93. The highest BCUT2D eigenvalue weighted by Crippen LogP contribution is 2.23. The smallest absolute Gasteiger partial charge is 0.235 e. The molecule has 0 unspecified atom stereocenters. The number of nitrogens with zero attached hydrogens (tertiary/aromatic N) is 1. The van der Waals surface area contributed by atoms with Crippen LogP contribution in [-0.4, -0.2) is 18.7 Å². The summed E-state index contributed by atoms with van der Waals surface area (Å²) in [7, 11) is 0. The van der Waals surface area contributed by atoms with E-state index in [2.05, 4.69) is 4.99 Å². The highest BCUT2D eigenvalue weighted by Gasteiger charge is 2.24. The Kier molecular flexibility index (Phi) is 4.27. The Labute approximate surface area is 96.2 Å². The van der Waals surface area contributed by atoms with Gasteiger partial charge in [0.15, 0.2) is 0 Å². The summed E-state index contributed by atoms with van der Waals surface area (Å²) < 4.78 is 5.57. The van der Waals surface area contributed by atoms with E-state index in [1.54, 1.807) is 6.08 Å². The Balaban J connectivity index is 2.61. The Morgan fingerprint density at radius 2 is 1.94 bits per heavy atom. The molecule has 0 spiro atoms. The maximum atomic E-state index is 10.3. The first kappa shape index (κ1) is 12.5. The van der Waals surface area contributed by atoms with E-state index < -0.39 is 0 Å². The maximum absolute atomic E-state index is 10.3. The van der Waals surface area contributed by atoms with Crippen LogP contribution in [0.1, 0.15) is 20.8 Å². The molecule has 0 aliphatic rings. The van der Waals surface area contributed by atoms with E-state index in [4.69, 9.17) is 4.74 Å². The fourth-order valence-electron chi connectivity index (χ4n) is 1.24. The van der Waals surface area contributed by atoms with Gasteiger partial charge in [0.05, 0.1) is 0 Å². The van der Waals surface area contributed by atoms with Crippen molar-refractivity contribution in [3.63, 3.8) is 0 Å². The third kappa shape index (κ3) is 3.87. The molecular weight excluding hydrogens is 202 g/mol. The lowest BCUT2D eigenvalue weighted by atomic mass is 9.88. The molecule has 0 saturated heterocycles. The minimum atomic E-state index is -0.176. The topological polar surface area (TPSA) is 38.7 Å². The fourth-order valence-corrected chi connectivity index (χ4v) is 1.24. The lowest BCUT2D eigenvalue weighted by Gasteiger charge is -2.25. The summed E-state index contributed by atoms with van der Waals surface area (Å²) in [6.45, 7) is 6.45. The quantitative estimate of drug-likeness (QED) is 0.577. The van der Waals surface area contributed by atoms with E-state index in [1.807, 2.05) is 51.1 Å². The van der Waals surface area contributed by atoms with Gasteiger partial charge < -0.3 is 4.74 Å². The molecular formula is C13H17NO2. The molecule has 0 saturated carbocycles. The van der Waals surface area contributed by atoms with Crippen LogP contribution < -0.4 is 4.74 Å². The number of benzene rings is 1. The molecule has 0 bridgehead atoms. The van der Waals surface area contributed by atoms with Crippen molar-refractivity contribution in [3.05, 3.63) is 30.3 Å². The van der Waals surface area contributed by atoms with Crippen molar-refractivity contribution in [1.29, 1.82) is 0 Å². The summed E-state index contributed by atoms with van der Waals surface area (Å²) in [5.41, 5.74) is -0.105. The van der Waals surface area contributed by atoms with Crippen molar-refractivity contribution in [2.75, 3.05) is 6.61 Å². The van der Waals surface area contributed by atoms with Gasteiger partial charge in [-0.05, 0) is 17.5 Å². The van der Waals surface area contributed by atoms with Crippen molar-refractivity contribution in [3.8, 4) is 5.75 Å². The van der Waals surface area contributed by atoms with Gasteiger partial charge in [-0.15, -0.1) is 0 Å². The number of hydrogen-bond acceptors (Lipinski definition) is 3. The van der Waals surface area contributed by atoms with E-state index in [-0.39, 0.29) is 11.5 Å². The third-order valence-corrected chi connectivity index (χ3v) is 2.36. The van der Waals surface area contributed by atoms with Crippen LogP contribution in [0, 0.1) is 5.41 Å². The molecule has 0 radical (unpaired) electrons. The highest BCUT2D eigenvalue weighted by molar-refractivity contribution is 5.34. The second-order valence-corrected chi connectivity index (χ2v) is 4.73. The summed E-state index contributed by atoms with van der Waals surface area (Å²) in [6, 6.07) is 9.33. The number of para-hydroxylation sites is 1.